The van der Waals surface area contributed by atoms with Crippen molar-refractivity contribution in [2.45, 2.75) is 31.6 Å². The molecule has 0 N–H and O–H groups in total. The number of hydrogen-bond acceptors (Lipinski definition) is 4. The molecule has 0 bridgehead atoms. The average molecular weight is 360 g/mol. The first-order valence-electron chi connectivity index (χ1n) is 8.59. The molecule has 2 aromatic rings. The number of carbonyl (C=O) groups is 1. The number of halogens is 1. The molecule has 4 nitrogen and oxygen atoms in total. The van der Waals surface area contributed by atoms with Gasteiger partial charge in [-0.2, -0.15) is 0 Å². The number of rotatable bonds is 6. The van der Waals surface area contributed by atoms with E-state index in [4.69, 9.17) is 21.1 Å². The maximum atomic E-state index is 11.3. The van der Waals surface area contributed by atoms with E-state index in [-0.39, 0.29) is 0 Å². The molecule has 0 radical (unpaired) electrons. The fraction of sp³-hybridized carbons (Fsp3) is 0.400. The van der Waals surface area contributed by atoms with E-state index in [0.717, 1.165) is 24.2 Å². The summed E-state index contributed by atoms with van der Waals surface area (Å²) in [5, 5.41) is 0.819. The molecule has 0 amide bonds. The Hall–Kier alpha value is -2.07. The summed E-state index contributed by atoms with van der Waals surface area (Å²) in [6.45, 7) is 0.546. The summed E-state index contributed by atoms with van der Waals surface area (Å²) < 4.78 is 11.0. The van der Waals surface area contributed by atoms with Crippen LogP contribution in [0.3, 0.4) is 0 Å². The van der Waals surface area contributed by atoms with Crippen molar-refractivity contribution in [2.75, 3.05) is 13.7 Å². The van der Waals surface area contributed by atoms with E-state index < -0.39 is 0 Å². The predicted molar refractivity (Wildman–Crippen MR) is 97.8 cm³/mol. The second-order valence-corrected chi connectivity index (χ2v) is 6.77. The van der Waals surface area contributed by atoms with Gasteiger partial charge in [-0.1, -0.05) is 42.6 Å². The highest BCUT2D eigenvalue weighted by Crippen LogP contribution is 2.40. The molecular formula is C20H22ClNO3. The molecule has 1 aromatic carbocycles. The van der Waals surface area contributed by atoms with Crippen molar-refractivity contribution < 1.29 is 14.3 Å². The number of aldehydes is 1. The minimum atomic E-state index is 0.371. The van der Waals surface area contributed by atoms with Crippen LogP contribution in [0.25, 0.3) is 0 Å². The van der Waals surface area contributed by atoms with Gasteiger partial charge in [0.15, 0.2) is 6.29 Å². The van der Waals surface area contributed by atoms with Crippen LogP contribution in [0.1, 0.15) is 47.5 Å². The number of nitrogens with zero attached hydrogens (tertiary/aromatic N) is 1. The van der Waals surface area contributed by atoms with Crippen LogP contribution in [0.5, 0.6) is 11.6 Å². The molecule has 1 aromatic heterocycles. The summed E-state index contributed by atoms with van der Waals surface area (Å²) in [7, 11) is 1.52. The van der Waals surface area contributed by atoms with E-state index in [1.165, 1.54) is 25.5 Å². The van der Waals surface area contributed by atoms with Gasteiger partial charge in [-0.05, 0) is 36.3 Å². The van der Waals surface area contributed by atoms with Gasteiger partial charge in [-0.25, -0.2) is 4.98 Å². The first kappa shape index (κ1) is 17.7. The lowest BCUT2D eigenvalue weighted by atomic mass is 9.76. The number of aromatic nitrogens is 1. The van der Waals surface area contributed by atoms with Gasteiger partial charge in [0.05, 0.1) is 25.5 Å². The fourth-order valence-corrected chi connectivity index (χ4v) is 3.83. The summed E-state index contributed by atoms with van der Waals surface area (Å²) in [5.74, 6) is 1.66. The second-order valence-electron chi connectivity index (χ2n) is 6.37. The second kappa shape index (κ2) is 8.34. The third kappa shape index (κ3) is 4.13. The van der Waals surface area contributed by atoms with Crippen molar-refractivity contribution in [1.29, 1.82) is 0 Å². The number of benzene rings is 1. The van der Waals surface area contributed by atoms with E-state index in [9.17, 15) is 4.79 Å². The topological polar surface area (TPSA) is 48.4 Å². The largest absolute Gasteiger partial charge is 0.491 e. The van der Waals surface area contributed by atoms with E-state index in [2.05, 4.69) is 11.1 Å². The van der Waals surface area contributed by atoms with Gasteiger partial charge in [0, 0.05) is 11.1 Å². The number of hydrogen-bond donors (Lipinski definition) is 0. The molecular weight excluding hydrogens is 338 g/mol. The summed E-state index contributed by atoms with van der Waals surface area (Å²) in [6, 6.07) is 9.64. The van der Waals surface area contributed by atoms with E-state index in [1.54, 1.807) is 12.3 Å². The quantitative estimate of drug-likeness (QED) is 0.687. The predicted octanol–water partition coefficient (Wildman–Crippen LogP) is 4.91. The average Bonchev–Trinajstić information content (AvgIpc) is 2.67. The van der Waals surface area contributed by atoms with E-state index >= 15 is 0 Å². The third-order valence-corrected chi connectivity index (χ3v) is 5.22. The number of ether oxygens (including phenoxy) is 2. The van der Waals surface area contributed by atoms with Crippen LogP contribution in [0.4, 0.5) is 0 Å². The maximum absolute atomic E-state index is 11.3. The van der Waals surface area contributed by atoms with E-state index in [0.29, 0.717) is 35.6 Å². The smallest absolute Gasteiger partial charge is 0.213 e. The Kier molecular flexibility index (Phi) is 5.92. The van der Waals surface area contributed by atoms with Crippen molar-refractivity contribution >= 4 is 17.9 Å². The van der Waals surface area contributed by atoms with Crippen molar-refractivity contribution in [3.63, 3.8) is 0 Å². The number of methoxy groups -OCH3 is 1. The molecule has 132 valence electrons. The molecule has 1 fully saturated rings. The lowest BCUT2D eigenvalue weighted by molar-refractivity contribution is 0.111. The zero-order valence-corrected chi connectivity index (χ0v) is 15.0. The molecule has 0 aliphatic heterocycles. The first-order valence-corrected chi connectivity index (χ1v) is 8.97. The summed E-state index contributed by atoms with van der Waals surface area (Å²) in [5.41, 5.74) is 1.65. The van der Waals surface area contributed by atoms with Crippen LogP contribution in [0, 0.1) is 5.92 Å². The Morgan fingerprint density at radius 3 is 2.84 bits per heavy atom. The summed E-state index contributed by atoms with van der Waals surface area (Å²) >= 11 is 6.41. The van der Waals surface area contributed by atoms with E-state index in [1.807, 2.05) is 18.2 Å². The molecule has 1 aliphatic rings. The molecule has 1 saturated carbocycles. The van der Waals surface area contributed by atoms with Gasteiger partial charge >= 0.3 is 0 Å². The Balaban J connectivity index is 1.75. The Labute approximate surface area is 153 Å². The normalized spacial score (nSPS) is 20.1. The molecule has 5 heteroatoms. The molecule has 1 aliphatic carbocycles. The van der Waals surface area contributed by atoms with Crippen molar-refractivity contribution in [1.82, 2.24) is 4.98 Å². The Morgan fingerprint density at radius 2 is 2.08 bits per heavy atom. The van der Waals surface area contributed by atoms with Gasteiger partial charge in [0.25, 0.3) is 0 Å². The van der Waals surface area contributed by atoms with Crippen LogP contribution < -0.4 is 9.47 Å². The first-order chi connectivity index (χ1) is 12.2. The van der Waals surface area contributed by atoms with Gasteiger partial charge in [0.1, 0.15) is 5.75 Å². The molecule has 0 saturated heterocycles. The minimum absolute atomic E-state index is 0.371. The van der Waals surface area contributed by atoms with Crippen LogP contribution >= 0.6 is 11.6 Å². The van der Waals surface area contributed by atoms with Crippen LogP contribution in [-0.4, -0.2) is 25.0 Å². The van der Waals surface area contributed by atoms with Crippen LogP contribution in [0.15, 0.2) is 36.5 Å². The maximum Gasteiger partial charge on any atom is 0.213 e. The molecule has 25 heavy (non-hydrogen) atoms. The summed E-state index contributed by atoms with van der Waals surface area (Å²) in [6.07, 6.45) is 6.92. The lowest BCUT2D eigenvalue weighted by Gasteiger charge is -2.32. The summed E-state index contributed by atoms with van der Waals surface area (Å²) in [4.78, 5) is 15.4. The number of pyridine rings is 1. The molecule has 2 unspecified atom stereocenters. The van der Waals surface area contributed by atoms with Crippen LogP contribution in [-0.2, 0) is 0 Å². The molecule has 3 rings (SSSR count). The highest BCUT2D eigenvalue weighted by molar-refractivity contribution is 6.31. The molecule has 2 atom stereocenters. The number of carbonyl (C=O) groups excluding carboxylic acids is 1. The molecule has 1 heterocycles. The van der Waals surface area contributed by atoms with Gasteiger partial charge < -0.3 is 9.47 Å². The van der Waals surface area contributed by atoms with Gasteiger partial charge in [-0.3, -0.25) is 4.79 Å². The fourth-order valence-electron chi connectivity index (χ4n) is 3.55. The lowest BCUT2D eigenvalue weighted by Crippen LogP contribution is -2.24. The Morgan fingerprint density at radius 1 is 1.28 bits per heavy atom. The highest BCUT2D eigenvalue weighted by atomic mass is 35.5. The van der Waals surface area contributed by atoms with Crippen molar-refractivity contribution in [3.8, 4) is 11.6 Å². The minimum Gasteiger partial charge on any atom is -0.491 e. The van der Waals surface area contributed by atoms with Crippen LogP contribution in [0.2, 0.25) is 5.02 Å². The van der Waals surface area contributed by atoms with Crippen molar-refractivity contribution in [3.05, 3.63) is 52.7 Å². The monoisotopic (exact) mass is 359 g/mol. The molecule has 0 spiro atoms. The zero-order chi connectivity index (χ0) is 17.6. The highest BCUT2D eigenvalue weighted by Gasteiger charge is 2.28. The standard InChI is InChI=1S/C20H22ClNO3/c1-24-20-10-15(12-23)19(11-22-20)25-13-14-6-2-3-7-16(14)17-8-4-5-9-18(17)21/h4-5,8-12,14,16H,2-3,6-7,13H2,1H3. The third-order valence-electron chi connectivity index (χ3n) is 4.88. The van der Waals surface area contributed by atoms with Crippen molar-refractivity contribution in [2.24, 2.45) is 5.92 Å². The van der Waals surface area contributed by atoms with Gasteiger partial charge in [-0.15, -0.1) is 0 Å². The van der Waals surface area contributed by atoms with Gasteiger partial charge in [0.2, 0.25) is 5.88 Å². The SMILES string of the molecule is COc1cc(C=O)c(OCC2CCCCC2c2ccccc2Cl)cn1. The zero-order valence-electron chi connectivity index (χ0n) is 14.3. The Bertz CT molecular complexity index is 735.